The summed E-state index contributed by atoms with van der Waals surface area (Å²) in [6.07, 6.45) is 6.56. The third-order valence-corrected chi connectivity index (χ3v) is 8.87. The first-order valence-corrected chi connectivity index (χ1v) is 13.3. The Morgan fingerprint density at radius 3 is 2.59 bits per heavy atom. The Balaban J connectivity index is 1.68. The highest BCUT2D eigenvalue weighted by molar-refractivity contribution is 7.19. The molecule has 0 aliphatic heterocycles. The second kappa shape index (κ2) is 10.1. The maximum absolute atomic E-state index is 11.9. The van der Waals surface area contributed by atoms with Gasteiger partial charge in [-0.1, -0.05) is 67.3 Å². The summed E-state index contributed by atoms with van der Waals surface area (Å²) >= 11 is 15.3. The number of halogens is 2. The fraction of sp³-hybridized carbons (Fsp3) is 0.417. The smallest absolute Gasteiger partial charge is 0.348 e. The molecule has 2 N–H and O–H groups in total. The van der Waals surface area contributed by atoms with E-state index >= 15 is 0 Å². The molecule has 0 bridgehead atoms. The van der Waals surface area contributed by atoms with Gasteiger partial charge < -0.3 is 10.4 Å². The van der Waals surface area contributed by atoms with Crippen LogP contribution in [0, 0.1) is 5.92 Å². The van der Waals surface area contributed by atoms with Gasteiger partial charge in [-0.15, -0.1) is 11.3 Å². The Bertz CT molecular complexity index is 1120. The zero-order chi connectivity index (χ0) is 22.8. The van der Waals surface area contributed by atoms with Crippen LogP contribution in [0.1, 0.15) is 72.1 Å². The van der Waals surface area contributed by atoms with Crippen molar-refractivity contribution in [1.29, 1.82) is 0 Å². The first kappa shape index (κ1) is 23.6. The second-order valence-corrected chi connectivity index (χ2v) is 11.6. The number of nitrogens with zero attached hydrogens (tertiary/aromatic N) is 1. The Hall–Kier alpha value is -1.60. The van der Waals surface area contributed by atoms with E-state index in [1.165, 1.54) is 35.5 Å². The summed E-state index contributed by atoms with van der Waals surface area (Å²) in [6, 6.07) is 7.63. The number of rotatable bonds is 8. The molecule has 32 heavy (non-hydrogen) atoms. The summed E-state index contributed by atoms with van der Waals surface area (Å²) in [7, 11) is 0. The molecule has 2 aromatic heterocycles. The molecule has 3 aromatic rings. The number of benzene rings is 1. The summed E-state index contributed by atoms with van der Waals surface area (Å²) in [5, 5.41) is 14.8. The third-order valence-electron chi connectivity index (χ3n) is 5.78. The van der Waals surface area contributed by atoms with E-state index < -0.39 is 5.97 Å². The molecule has 0 amide bonds. The molecule has 0 unspecified atom stereocenters. The molecule has 0 spiro atoms. The first-order valence-electron chi connectivity index (χ1n) is 10.9. The maximum Gasteiger partial charge on any atom is 0.348 e. The maximum atomic E-state index is 11.9. The van der Waals surface area contributed by atoms with Crippen molar-refractivity contribution in [2.24, 2.45) is 5.92 Å². The van der Waals surface area contributed by atoms with Crippen LogP contribution in [0.15, 0.2) is 24.3 Å². The Morgan fingerprint density at radius 1 is 1.19 bits per heavy atom. The SMILES string of the molecule is CC(C)CCc1nc(Nc2cc(C3CCCC3)sc2C(=O)O)sc1-c1ccc(Cl)c(Cl)c1. The minimum atomic E-state index is -0.900. The second-order valence-electron chi connectivity index (χ2n) is 8.66. The fourth-order valence-electron chi connectivity index (χ4n) is 4.05. The van der Waals surface area contributed by atoms with Crippen molar-refractivity contribution in [3.63, 3.8) is 0 Å². The molecular weight excluding hydrogens is 483 g/mol. The van der Waals surface area contributed by atoms with Crippen molar-refractivity contribution < 1.29 is 9.90 Å². The van der Waals surface area contributed by atoms with Crippen LogP contribution >= 0.6 is 45.9 Å². The molecule has 1 aliphatic rings. The number of anilines is 2. The number of carboxylic acids is 1. The minimum absolute atomic E-state index is 0.349. The van der Waals surface area contributed by atoms with Gasteiger partial charge in [0.15, 0.2) is 5.13 Å². The number of nitrogens with one attached hydrogen (secondary N) is 1. The van der Waals surface area contributed by atoms with Gasteiger partial charge in [-0.25, -0.2) is 9.78 Å². The summed E-state index contributed by atoms with van der Waals surface area (Å²) in [6.45, 7) is 4.39. The lowest BCUT2D eigenvalue weighted by molar-refractivity contribution is 0.0703. The van der Waals surface area contributed by atoms with Crippen LogP contribution in [0.4, 0.5) is 10.8 Å². The van der Waals surface area contributed by atoms with Gasteiger partial charge in [-0.3, -0.25) is 0 Å². The first-order chi connectivity index (χ1) is 15.3. The van der Waals surface area contributed by atoms with E-state index in [1.807, 2.05) is 18.2 Å². The van der Waals surface area contributed by atoms with Gasteiger partial charge in [0, 0.05) is 4.88 Å². The van der Waals surface area contributed by atoms with E-state index in [-0.39, 0.29) is 0 Å². The van der Waals surface area contributed by atoms with Crippen LogP contribution in [-0.4, -0.2) is 16.1 Å². The van der Waals surface area contributed by atoms with Gasteiger partial charge >= 0.3 is 5.97 Å². The molecular formula is C24H26Cl2N2O2S2. The average Bonchev–Trinajstić information content (AvgIpc) is 3.48. The zero-order valence-electron chi connectivity index (χ0n) is 18.1. The standard InChI is InChI=1S/C24H26Cl2N2O2S2/c1-13(2)7-10-18-21(15-8-9-16(25)17(26)11-15)32-24(27-18)28-19-12-20(14-5-3-4-6-14)31-22(19)23(29)30/h8-9,11-14H,3-7,10H2,1-2H3,(H,27,28)(H,29,30). The van der Waals surface area contributed by atoms with Crippen molar-refractivity contribution in [2.45, 2.75) is 58.3 Å². The Labute approximate surface area is 206 Å². The van der Waals surface area contributed by atoms with Crippen LogP contribution in [0.2, 0.25) is 10.0 Å². The summed E-state index contributed by atoms with van der Waals surface area (Å²) in [5.41, 5.74) is 2.60. The highest BCUT2D eigenvalue weighted by atomic mass is 35.5. The number of carbonyl (C=O) groups is 1. The van der Waals surface area contributed by atoms with E-state index in [1.54, 1.807) is 6.07 Å². The number of hydrogen-bond donors (Lipinski definition) is 2. The molecule has 8 heteroatoms. The van der Waals surface area contributed by atoms with Crippen LogP contribution in [0.5, 0.6) is 0 Å². The highest BCUT2D eigenvalue weighted by Crippen LogP contribution is 2.43. The third kappa shape index (κ3) is 5.30. The molecule has 170 valence electrons. The van der Waals surface area contributed by atoms with Gasteiger partial charge in [-0.05, 0) is 61.3 Å². The fourth-order valence-corrected chi connectivity index (χ4v) is 6.49. The van der Waals surface area contributed by atoms with Crippen molar-refractivity contribution in [3.8, 4) is 10.4 Å². The topological polar surface area (TPSA) is 62.2 Å². The van der Waals surface area contributed by atoms with E-state index in [4.69, 9.17) is 28.2 Å². The zero-order valence-corrected chi connectivity index (χ0v) is 21.2. The summed E-state index contributed by atoms with van der Waals surface area (Å²) in [4.78, 5) is 19.3. The number of aromatic nitrogens is 1. The van der Waals surface area contributed by atoms with Crippen molar-refractivity contribution >= 4 is 62.7 Å². The normalized spacial score (nSPS) is 14.4. The number of thiophene rings is 1. The van der Waals surface area contributed by atoms with E-state index in [0.717, 1.165) is 46.7 Å². The summed E-state index contributed by atoms with van der Waals surface area (Å²) < 4.78 is 0. The largest absolute Gasteiger partial charge is 0.477 e. The minimum Gasteiger partial charge on any atom is -0.477 e. The number of aromatic carboxylic acids is 1. The molecule has 1 saturated carbocycles. The molecule has 4 rings (SSSR count). The van der Waals surface area contributed by atoms with Crippen molar-refractivity contribution in [3.05, 3.63) is 49.8 Å². The Kier molecular flexibility index (Phi) is 7.45. The number of hydrogen-bond acceptors (Lipinski definition) is 5. The van der Waals surface area contributed by atoms with Crippen LogP contribution in [0.25, 0.3) is 10.4 Å². The molecule has 0 radical (unpaired) electrons. The lowest BCUT2D eigenvalue weighted by atomic mass is 10.0. The predicted octanol–water partition coefficient (Wildman–Crippen LogP) is 8.87. The van der Waals surface area contributed by atoms with Crippen LogP contribution < -0.4 is 5.32 Å². The van der Waals surface area contributed by atoms with Gasteiger partial charge in [0.2, 0.25) is 0 Å². The van der Waals surface area contributed by atoms with Gasteiger partial charge in [-0.2, -0.15) is 0 Å². The molecule has 0 saturated heterocycles. The highest BCUT2D eigenvalue weighted by Gasteiger charge is 2.24. The molecule has 0 atom stereocenters. The van der Waals surface area contributed by atoms with E-state index in [0.29, 0.717) is 37.6 Å². The van der Waals surface area contributed by atoms with Crippen LogP contribution in [0.3, 0.4) is 0 Å². The molecule has 2 heterocycles. The van der Waals surface area contributed by atoms with E-state index in [2.05, 4.69) is 19.2 Å². The van der Waals surface area contributed by atoms with Crippen LogP contribution in [-0.2, 0) is 6.42 Å². The molecule has 1 aliphatic carbocycles. The van der Waals surface area contributed by atoms with Gasteiger partial charge in [0.25, 0.3) is 0 Å². The van der Waals surface area contributed by atoms with Gasteiger partial charge in [0.05, 0.1) is 26.3 Å². The predicted molar refractivity (Wildman–Crippen MR) is 136 cm³/mol. The van der Waals surface area contributed by atoms with Crippen molar-refractivity contribution in [2.75, 3.05) is 5.32 Å². The quantitative estimate of drug-likeness (QED) is 0.318. The Morgan fingerprint density at radius 2 is 1.94 bits per heavy atom. The van der Waals surface area contributed by atoms with Crippen molar-refractivity contribution in [1.82, 2.24) is 4.98 Å². The monoisotopic (exact) mass is 508 g/mol. The van der Waals surface area contributed by atoms with Gasteiger partial charge in [0.1, 0.15) is 4.88 Å². The molecule has 1 aromatic carbocycles. The molecule has 4 nitrogen and oxygen atoms in total. The number of carboxylic acid groups (broad SMARTS) is 1. The van der Waals surface area contributed by atoms with E-state index in [9.17, 15) is 9.90 Å². The average molecular weight is 510 g/mol. The lowest BCUT2D eigenvalue weighted by Crippen LogP contribution is -1.98. The lowest BCUT2D eigenvalue weighted by Gasteiger charge is -2.06. The molecule has 1 fully saturated rings. The summed E-state index contributed by atoms with van der Waals surface area (Å²) in [5.74, 6) is 0.126. The number of thiazole rings is 1. The number of aryl methyl sites for hydroxylation is 1.